The number of nitrogens with zero attached hydrogens (tertiary/aromatic N) is 3. The Morgan fingerprint density at radius 1 is 1.47 bits per heavy atom. The maximum Gasteiger partial charge on any atom is 0.138 e. The van der Waals surface area contributed by atoms with Gasteiger partial charge in [-0.15, -0.1) is 0 Å². The number of rotatable bonds is 6. The third kappa shape index (κ3) is 4.67. The van der Waals surface area contributed by atoms with E-state index in [1.807, 2.05) is 4.68 Å². The largest absolute Gasteiger partial charge is 0.300 e. The molecule has 1 aromatic heterocycles. The van der Waals surface area contributed by atoms with Gasteiger partial charge < -0.3 is 4.79 Å². The van der Waals surface area contributed by atoms with Crippen LogP contribution < -0.4 is 0 Å². The van der Waals surface area contributed by atoms with Crippen LogP contribution in [0.3, 0.4) is 0 Å². The Bertz CT molecular complexity index is 380. The van der Waals surface area contributed by atoms with E-state index >= 15 is 0 Å². The Labute approximate surface area is 103 Å². The van der Waals surface area contributed by atoms with Crippen LogP contribution in [0.2, 0.25) is 0 Å². The van der Waals surface area contributed by atoms with Gasteiger partial charge in [-0.05, 0) is 18.3 Å². The van der Waals surface area contributed by atoms with Crippen molar-refractivity contribution in [2.75, 3.05) is 0 Å². The standard InChI is InChI=1S/C13H23N3O/c1-10(2)8-16-12(14-9-15-16)7-13(4,5)6-11(3)17/h9-10H,6-8H2,1-5H3. The first-order valence-corrected chi connectivity index (χ1v) is 6.16. The molecule has 0 saturated heterocycles. The van der Waals surface area contributed by atoms with Crippen molar-refractivity contribution in [3.63, 3.8) is 0 Å². The Morgan fingerprint density at radius 3 is 2.65 bits per heavy atom. The SMILES string of the molecule is CC(=O)CC(C)(C)Cc1ncnn1CC(C)C. The Balaban J connectivity index is 2.74. The molecule has 4 nitrogen and oxygen atoms in total. The molecule has 1 heterocycles. The highest BCUT2D eigenvalue weighted by atomic mass is 16.1. The molecule has 96 valence electrons. The Morgan fingerprint density at radius 2 is 2.12 bits per heavy atom. The molecule has 0 bridgehead atoms. The minimum absolute atomic E-state index is 0.0480. The maximum atomic E-state index is 11.2. The van der Waals surface area contributed by atoms with Crippen LogP contribution in [-0.2, 0) is 17.8 Å². The molecule has 0 unspecified atom stereocenters. The van der Waals surface area contributed by atoms with Gasteiger partial charge in [0.05, 0.1) is 0 Å². The van der Waals surface area contributed by atoms with Crippen molar-refractivity contribution in [3.05, 3.63) is 12.2 Å². The van der Waals surface area contributed by atoms with E-state index in [9.17, 15) is 4.79 Å². The topological polar surface area (TPSA) is 47.8 Å². The number of carbonyl (C=O) groups is 1. The molecular formula is C13H23N3O. The van der Waals surface area contributed by atoms with Gasteiger partial charge in [0.1, 0.15) is 17.9 Å². The predicted molar refractivity (Wildman–Crippen MR) is 67.6 cm³/mol. The molecule has 17 heavy (non-hydrogen) atoms. The summed E-state index contributed by atoms with van der Waals surface area (Å²) in [7, 11) is 0. The van der Waals surface area contributed by atoms with Gasteiger partial charge in [0, 0.05) is 19.4 Å². The van der Waals surface area contributed by atoms with Crippen molar-refractivity contribution in [2.45, 2.75) is 54.0 Å². The quantitative estimate of drug-likeness (QED) is 0.763. The summed E-state index contributed by atoms with van der Waals surface area (Å²) in [6.45, 7) is 11.0. The van der Waals surface area contributed by atoms with Crippen molar-refractivity contribution < 1.29 is 4.79 Å². The molecule has 0 atom stereocenters. The highest BCUT2D eigenvalue weighted by molar-refractivity contribution is 5.76. The summed E-state index contributed by atoms with van der Waals surface area (Å²) in [6.07, 6.45) is 2.97. The summed E-state index contributed by atoms with van der Waals surface area (Å²) in [5.41, 5.74) is -0.0480. The number of Topliss-reactive ketones (excluding diaryl/α,β-unsaturated/α-hetero) is 1. The molecule has 0 amide bonds. The second-order valence-corrected chi connectivity index (χ2v) is 5.97. The summed E-state index contributed by atoms with van der Waals surface area (Å²) in [5.74, 6) is 1.75. The van der Waals surface area contributed by atoms with Crippen LogP contribution in [0.4, 0.5) is 0 Å². The Hall–Kier alpha value is -1.19. The summed E-state index contributed by atoms with van der Waals surface area (Å²) in [5, 5.41) is 4.24. The molecule has 0 N–H and O–H groups in total. The lowest BCUT2D eigenvalue weighted by molar-refractivity contribution is -0.118. The fourth-order valence-electron chi connectivity index (χ4n) is 2.09. The van der Waals surface area contributed by atoms with E-state index in [-0.39, 0.29) is 11.2 Å². The van der Waals surface area contributed by atoms with Gasteiger partial charge in [0.25, 0.3) is 0 Å². The zero-order chi connectivity index (χ0) is 13.1. The molecule has 0 spiro atoms. The van der Waals surface area contributed by atoms with Gasteiger partial charge in [-0.2, -0.15) is 5.10 Å². The van der Waals surface area contributed by atoms with Crippen LogP contribution >= 0.6 is 0 Å². The first kappa shape index (κ1) is 13.9. The van der Waals surface area contributed by atoms with Crippen LogP contribution in [0.5, 0.6) is 0 Å². The zero-order valence-electron chi connectivity index (χ0n) is 11.5. The molecule has 0 fully saturated rings. The molecule has 4 heteroatoms. The molecule has 0 aliphatic carbocycles. The summed E-state index contributed by atoms with van der Waals surface area (Å²) in [6, 6.07) is 0. The second-order valence-electron chi connectivity index (χ2n) is 5.97. The molecular weight excluding hydrogens is 214 g/mol. The van der Waals surface area contributed by atoms with Crippen molar-refractivity contribution in [1.29, 1.82) is 0 Å². The fourth-order valence-corrected chi connectivity index (χ4v) is 2.09. The van der Waals surface area contributed by atoms with Crippen LogP contribution in [0.25, 0.3) is 0 Å². The average molecular weight is 237 g/mol. The lowest BCUT2D eigenvalue weighted by Gasteiger charge is -2.23. The van der Waals surface area contributed by atoms with Gasteiger partial charge in [0.15, 0.2) is 0 Å². The smallest absolute Gasteiger partial charge is 0.138 e. The monoisotopic (exact) mass is 237 g/mol. The highest BCUT2D eigenvalue weighted by Gasteiger charge is 2.23. The lowest BCUT2D eigenvalue weighted by Crippen LogP contribution is -2.22. The molecule has 1 rings (SSSR count). The van der Waals surface area contributed by atoms with Crippen LogP contribution in [0, 0.1) is 11.3 Å². The molecule has 0 radical (unpaired) electrons. The second kappa shape index (κ2) is 5.43. The molecule has 1 aromatic rings. The third-order valence-corrected chi connectivity index (χ3v) is 2.60. The summed E-state index contributed by atoms with van der Waals surface area (Å²) in [4.78, 5) is 15.5. The van der Waals surface area contributed by atoms with Crippen LogP contribution in [0.1, 0.15) is 46.9 Å². The van der Waals surface area contributed by atoms with Crippen LogP contribution in [0.15, 0.2) is 6.33 Å². The van der Waals surface area contributed by atoms with E-state index < -0.39 is 0 Å². The summed E-state index contributed by atoms with van der Waals surface area (Å²) >= 11 is 0. The lowest BCUT2D eigenvalue weighted by atomic mass is 9.84. The third-order valence-electron chi connectivity index (χ3n) is 2.60. The summed E-state index contributed by atoms with van der Waals surface area (Å²) < 4.78 is 1.95. The van der Waals surface area contributed by atoms with Crippen molar-refractivity contribution in [3.8, 4) is 0 Å². The van der Waals surface area contributed by atoms with E-state index in [0.29, 0.717) is 12.3 Å². The van der Waals surface area contributed by atoms with Gasteiger partial charge in [-0.3, -0.25) is 0 Å². The minimum atomic E-state index is -0.0480. The van der Waals surface area contributed by atoms with E-state index in [4.69, 9.17) is 0 Å². The highest BCUT2D eigenvalue weighted by Crippen LogP contribution is 2.25. The van der Waals surface area contributed by atoms with E-state index in [1.165, 1.54) is 0 Å². The zero-order valence-corrected chi connectivity index (χ0v) is 11.5. The van der Waals surface area contributed by atoms with Crippen LogP contribution in [-0.4, -0.2) is 20.5 Å². The van der Waals surface area contributed by atoms with Crippen molar-refractivity contribution >= 4 is 5.78 Å². The molecule has 0 aromatic carbocycles. The molecule has 0 aliphatic heterocycles. The van der Waals surface area contributed by atoms with Gasteiger partial charge in [-0.1, -0.05) is 27.7 Å². The average Bonchev–Trinajstić information content (AvgIpc) is 2.48. The van der Waals surface area contributed by atoms with Gasteiger partial charge in [0.2, 0.25) is 0 Å². The van der Waals surface area contributed by atoms with Gasteiger partial charge >= 0.3 is 0 Å². The van der Waals surface area contributed by atoms with Crippen molar-refractivity contribution in [1.82, 2.24) is 14.8 Å². The minimum Gasteiger partial charge on any atom is -0.300 e. The number of hydrogen-bond acceptors (Lipinski definition) is 3. The predicted octanol–water partition coefficient (Wildman–Crippen LogP) is 2.48. The number of ketones is 1. The number of carbonyl (C=O) groups excluding carboxylic acids is 1. The van der Waals surface area contributed by atoms with Gasteiger partial charge in [-0.25, -0.2) is 9.67 Å². The molecule has 0 saturated carbocycles. The molecule has 0 aliphatic rings. The normalized spacial score (nSPS) is 12.1. The van der Waals surface area contributed by atoms with E-state index in [1.54, 1.807) is 13.3 Å². The van der Waals surface area contributed by atoms with E-state index in [2.05, 4.69) is 37.8 Å². The maximum absolute atomic E-state index is 11.2. The number of hydrogen-bond donors (Lipinski definition) is 0. The van der Waals surface area contributed by atoms with E-state index in [0.717, 1.165) is 18.8 Å². The number of aromatic nitrogens is 3. The first-order chi connectivity index (χ1) is 7.80. The van der Waals surface area contributed by atoms with Crippen molar-refractivity contribution in [2.24, 2.45) is 11.3 Å². The first-order valence-electron chi connectivity index (χ1n) is 6.16. The Kier molecular flexibility index (Phi) is 4.43. The fraction of sp³-hybridized carbons (Fsp3) is 0.769.